The third-order valence-corrected chi connectivity index (χ3v) is 3.73. The number of thioether (sulfide) groups is 1. The van der Waals surface area contributed by atoms with Gasteiger partial charge in [0.05, 0.1) is 5.69 Å². The van der Waals surface area contributed by atoms with Gasteiger partial charge >= 0.3 is 5.97 Å². The lowest BCUT2D eigenvalue weighted by Crippen LogP contribution is -2.47. The third kappa shape index (κ3) is 2.97. The molecule has 1 atom stereocenters. The number of aryl methyl sites for hydroxylation is 1. The van der Waals surface area contributed by atoms with Gasteiger partial charge in [-0.3, -0.25) is 0 Å². The van der Waals surface area contributed by atoms with E-state index in [4.69, 9.17) is 10.2 Å². The zero-order chi connectivity index (χ0) is 13.9. The summed E-state index contributed by atoms with van der Waals surface area (Å²) in [7, 11) is 0. The molecule has 6 heteroatoms. The van der Waals surface area contributed by atoms with E-state index in [-0.39, 0.29) is 5.75 Å². The fourth-order valence-electron chi connectivity index (χ4n) is 1.58. The van der Waals surface area contributed by atoms with Crippen LogP contribution < -0.4 is 5.73 Å². The van der Waals surface area contributed by atoms with Gasteiger partial charge in [-0.25, -0.2) is 9.78 Å². The normalized spacial score (nSPS) is 14.0. The van der Waals surface area contributed by atoms with E-state index in [1.807, 2.05) is 6.07 Å². The van der Waals surface area contributed by atoms with Crippen molar-refractivity contribution >= 4 is 17.7 Å². The van der Waals surface area contributed by atoms with Crippen molar-refractivity contribution in [2.75, 3.05) is 5.75 Å². The fraction of sp³-hybridized carbons (Fsp3) is 0.231. The van der Waals surface area contributed by atoms with E-state index in [1.54, 1.807) is 31.2 Å². The van der Waals surface area contributed by atoms with Crippen LogP contribution in [-0.4, -0.2) is 21.8 Å². The highest BCUT2D eigenvalue weighted by Crippen LogP contribution is 2.27. The Morgan fingerprint density at radius 1 is 1.47 bits per heavy atom. The molecule has 0 aliphatic rings. The van der Waals surface area contributed by atoms with Crippen molar-refractivity contribution in [1.29, 1.82) is 0 Å². The highest BCUT2D eigenvalue weighted by Gasteiger charge is 2.36. The molecule has 0 saturated carbocycles. The van der Waals surface area contributed by atoms with Crippen LogP contribution in [0.3, 0.4) is 0 Å². The summed E-state index contributed by atoms with van der Waals surface area (Å²) in [5.41, 5.74) is 5.87. The smallest absolute Gasteiger partial charge is 0.329 e. The van der Waals surface area contributed by atoms with E-state index in [1.165, 1.54) is 18.0 Å². The molecule has 0 spiro atoms. The molecular formula is C13H14N2O3S. The molecule has 2 aromatic rings. The average Bonchev–Trinajstić information content (AvgIpc) is 2.82. The van der Waals surface area contributed by atoms with Crippen LogP contribution in [0.5, 0.6) is 0 Å². The minimum Gasteiger partial charge on any atom is -0.480 e. The van der Waals surface area contributed by atoms with Crippen LogP contribution in [0, 0.1) is 6.92 Å². The standard InChI is InChI=1S/C13H14N2O3S/c1-9-7-18-12(15-9)19-8-13(14,11(16)17)10-5-3-2-4-6-10/h2-7H,8,14H2,1H3,(H,16,17). The zero-order valence-electron chi connectivity index (χ0n) is 10.4. The molecule has 19 heavy (non-hydrogen) atoms. The van der Waals surface area contributed by atoms with Crippen LogP contribution in [0.15, 0.2) is 46.2 Å². The molecule has 1 aromatic heterocycles. The second-order valence-electron chi connectivity index (χ2n) is 4.19. The Kier molecular flexibility index (Phi) is 3.92. The van der Waals surface area contributed by atoms with Gasteiger partial charge in [-0.1, -0.05) is 42.1 Å². The molecule has 1 unspecified atom stereocenters. The van der Waals surface area contributed by atoms with Crippen molar-refractivity contribution in [2.45, 2.75) is 17.7 Å². The van der Waals surface area contributed by atoms with Gasteiger partial charge < -0.3 is 15.3 Å². The largest absolute Gasteiger partial charge is 0.480 e. The molecule has 0 fully saturated rings. The van der Waals surface area contributed by atoms with Gasteiger partial charge in [-0.15, -0.1) is 0 Å². The minimum absolute atomic E-state index is 0.145. The quantitative estimate of drug-likeness (QED) is 0.813. The lowest BCUT2D eigenvalue weighted by Gasteiger charge is -2.24. The molecule has 5 nitrogen and oxygen atoms in total. The molecule has 0 aliphatic heterocycles. The van der Waals surface area contributed by atoms with Gasteiger partial charge in [0.15, 0.2) is 0 Å². The number of nitrogens with zero attached hydrogens (tertiary/aromatic N) is 1. The summed E-state index contributed by atoms with van der Waals surface area (Å²) in [4.78, 5) is 15.6. The van der Waals surface area contributed by atoms with Crippen molar-refractivity contribution in [2.24, 2.45) is 5.73 Å². The summed E-state index contributed by atoms with van der Waals surface area (Å²) in [6.45, 7) is 1.80. The zero-order valence-corrected chi connectivity index (χ0v) is 11.2. The SMILES string of the molecule is Cc1coc(SCC(N)(C(=O)O)c2ccccc2)n1. The van der Waals surface area contributed by atoms with Crippen LogP contribution in [0.1, 0.15) is 11.3 Å². The Hall–Kier alpha value is -1.79. The fourth-order valence-corrected chi connectivity index (χ4v) is 2.54. The van der Waals surface area contributed by atoms with Crippen molar-refractivity contribution in [3.8, 4) is 0 Å². The Morgan fingerprint density at radius 2 is 2.16 bits per heavy atom. The van der Waals surface area contributed by atoms with Crippen LogP contribution in [0.4, 0.5) is 0 Å². The number of oxazole rings is 1. The molecular weight excluding hydrogens is 264 g/mol. The first-order chi connectivity index (χ1) is 9.02. The summed E-state index contributed by atoms with van der Waals surface area (Å²) in [5.74, 6) is -0.929. The molecule has 0 amide bonds. The topological polar surface area (TPSA) is 89.3 Å². The van der Waals surface area contributed by atoms with E-state index in [0.717, 1.165) is 5.69 Å². The summed E-state index contributed by atoms with van der Waals surface area (Å²) in [6, 6.07) is 8.75. The number of hydrogen-bond acceptors (Lipinski definition) is 5. The maximum atomic E-state index is 11.5. The Balaban J connectivity index is 2.19. The van der Waals surface area contributed by atoms with Gasteiger partial charge in [0.25, 0.3) is 5.22 Å². The molecule has 1 heterocycles. The first kappa shape index (κ1) is 13.6. The molecule has 100 valence electrons. The Bertz CT molecular complexity index is 570. The van der Waals surface area contributed by atoms with E-state index < -0.39 is 11.5 Å². The summed E-state index contributed by atoms with van der Waals surface area (Å²) < 4.78 is 5.18. The van der Waals surface area contributed by atoms with Crippen molar-refractivity contribution in [3.63, 3.8) is 0 Å². The maximum absolute atomic E-state index is 11.5. The highest BCUT2D eigenvalue weighted by molar-refractivity contribution is 7.99. The van der Waals surface area contributed by atoms with Crippen LogP contribution in [0.2, 0.25) is 0 Å². The number of aromatic nitrogens is 1. The molecule has 0 bridgehead atoms. The van der Waals surface area contributed by atoms with E-state index in [0.29, 0.717) is 10.8 Å². The number of hydrogen-bond donors (Lipinski definition) is 2. The molecule has 0 aliphatic carbocycles. The van der Waals surface area contributed by atoms with Crippen molar-refractivity contribution in [1.82, 2.24) is 4.98 Å². The third-order valence-electron chi connectivity index (χ3n) is 2.69. The number of nitrogens with two attached hydrogens (primary N) is 1. The van der Waals surface area contributed by atoms with Crippen LogP contribution >= 0.6 is 11.8 Å². The molecule has 3 N–H and O–H groups in total. The van der Waals surface area contributed by atoms with Gasteiger partial charge in [0.2, 0.25) is 0 Å². The average molecular weight is 278 g/mol. The van der Waals surface area contributed by atoms with Gasteiger partial charge in [-0.05, 0) is 12.5 Å². The first-order valence-corrected chi connectivity index (χ1v) is 6.63. The first-order valence-electron chi connectivity index (χ1n) is 5.65. The number of carbonyl (C=O) groups is 1. The number of aliphatic carboxylic acids is 1. The van der Waals surface area contributed by atoms with Gasteiger partial charge in [0, 0.05) is 5.75 Å². The summed E-state index contributed by atoms with van der Waals surface area (Å²) >= 11 is 1.19. The van der Waals surface area contributed by atoms with Gasteiger partial charge in [-0.2, -0.15) is 0 Å². The van der Waals surface area contributed by atoms with Gasteiger partial charge in [0.1, 0.15) is 11.8 Å². The molecule has 1 aromatic carbocycles. The predicted octanol–water partition coefficient (Wildman–Crippen LogP) is 2.01. The number of benzene rings is 1. The molecule has 0 radical (unpaired) electrons. The Morgan fingerprint density at radius 3 is 2.68 bits per heavy atom. The maximum Gasteiger partial charge on any atom is 0.329 e. The number of rotatable bonds is 5. The monoisotopic (exact) mass is 278 g/mol. The Labute approximate surface area is 114 Å². The van der Waals surface area contributed by atoms with Crippen LogP contribution in [-0.2, 0) is 10.3 Å². The summed E-state index contributed by atoms with van der Waals surface area (Å²) in [6.07, 6.45) is 1.52. The minimum atomic E-state index is -1.46. The lowest BCUT2D eigenvalue weighted by atomic mass is 9.93. The molecule has 0 saturated heterocycles. The van der Waals surface area contributed by atoms with Crippen molar-refractivity contribution in [3.05, 3.63) is 47.9 Å². The predicted molar refractivity (Wildman–Crippen MR) is 71.9 cm³/mol. The van der Waals surface area contributed by atoms with Crippen LogP contribution in [0.25, 0.3) is 0 Å². The van der Waals surface area contributed by atoms with E-state index >= 15 is 0 Å². The molecule has 2 rings (SSSR count). The van der Waals surface area contributed by atoms with E-state index in [2.05, 4.69) is 4.98 Å². The number of carboxylic acid groups (broad SMARTS) is 1. The van der Waals surface area contributed by atoms with E-state index in [9.17, 15) is 9.90 Å². The van der Waals surface area contributed by atoms with Crippen molar-refractivity contribution < 1.29 is 14.3 Å². The number of carboxylic acids is 1. The summed E-state index contributed by atoms with van der Waals surface area (Å²) in [5, 5.41) is 9.80. The highest BCUT2D eigenvalue weighted by atomic mass is 32.2. The lowest BCUT2D eigenvalue weighted by molar-refractivity contribution is -0.142. The second kappa shape index (κ2) is 5.46. The second-order valence-corrected chi connectivity index (χ2v) is 5.11.